The first kappa shape index (κ1) is 20.6. The predicted molar refractivity (Wildman–Crippen MR) is 113 cm³/mol. The number of carbonyl (C=O) groups is 1. The number of amides is 1. The first-order valence-corrected chi connectivity index (χ1v) is 12.3. The molecule has 2 heterocycles. The summed E-state index contributed by atoms with van der Waals surface area (Å²) in [5.41, 5.74) is 1.55. The fraction of sp³-hybridized carbons (Fsp3) is 0.667. The highest BCUT2D eigenvalue weighted by Gasteiger charge is 2.29. The van der Waals surface area contributed by atoms with Crippen molar-refractivity contribution < 1.29 is 17.9 Å². The molecule has 1 aromatic rings. The monoisotopic (exact) mass is 421 g/mol. The van der Waals surface area contributed by atoms with E-state index in [0.29, 0.717) is 32.0 Å². The van der Waals surface area contributed by atoms with Gasteiger partial charge in [-0.25, -0.2) is 8.42 Å². The van der Waals surface area contributed by atoms with Gasteiger partial charge < -0.3 is 15.0 Å². The summed E-state index contributed by atoms with van der Waals surface area (Å²) >= 11 is 0. The smallest absolute Gasteiger partial charge is 0.243 e. The van der Waals surface area contributed by atoms with E-state index in [1.54, 1.807) is 12.1 Å². The van der Waals surface area contributed by atoms with E-state index in [4.69, 9.17) is 4.74 Å². The number of hydrogen-bond acceptors (Lipinski definition) is 5. The number of nitrogens with one attached hydrogen (secondary N) is 1. The van der Waals surface area contributed by atoms with Crippen molar-refractivity contribution in [2.24, 2.45) is 5.92 Å². The Morgan fingerprint density at radius 3 is 2.34 bits per heavy atom. The number of hydrogen-bond donors (Lipinski definition) is 1. The quantitative estimate of drug-likeness (QED) is 0.791. The third-order valence-corrected chi connectivity index (χ3v) is 8.15. The van der Waals surface area contributed by atoms with E-state index >= 15 is 0 Å². The molecule has 2 aliphatic heterocycles. The van der Waals surface area contributed by atoms with Crippen LogP contribution in [-0.4, -0.2) is 58.0 Å². The molecule has 160 valence electrons. The van der Waals surface area contributed by atoms with Crippen molar-refractivity contribution in [1.82, 2.24) is 4.31 Å². The van der Waals surface area contributed by atoms with E-state index in [9.17, 15) is 13.2 Å². The van der Waals surface area contributed by atoms with Crippen LogP contribution in [0.5, 0.6) is 0 Å². The molecule has 3 fully saturated rings. The minimum atomic E-state index is -3.60. The normalized spacial score (nSPS) is 22.0. The van der Waals surface area contributed by atoms with Gasteiger partial charge in [-0.15, -0.1) is 0 Å². The van der Waals surface area contributed by atoms with Gasteiger partial charge >= 0.3 is 0 Å². The molecule has 4 rings (SSSR count). The molecule has 1 aromatic carbocycles. The molecule has 1 N–H and O–H groups in total. The first-order valence-electron chi connectivity index (χ1n) is 10.8. The van der Waals surface area contributed by atoms with Crippen molar-refractivity contribution >= 4 is 27.3 Å². The third kappa shape index (κ3) is 4.59. The molecular weight excluding hydrogens is 390 g/mol. The number of anilines is 2. The van der Waals surface area contributed by atoms with E-state index in [-0.39, 0.29) is 16.7 Å². The van der Waals surface area contributed by atoms with Gasteiger partial charge in [0.25, 0.3) is 0 Å². The standard InChI is InChI=1S/C21H31N3O4S/c25-21(17-6-2-1-3-7-17)22-19-16-18(8-9-20(19)23-10-4-5-11-23)29(26,27)24-12-14-28-15-13-24/h8-9,16-17H,1-7,10-15H2,(H,22,25). The van der Waals surface area contributed by atoms with Crippen molar-refractivity contribution in [3.05, 3.63) is 18.2 Å². The molecule has 0 radical (unpaired) electrons. The molecule has 1 saturated carbocycles. The maximum Gasteiger partial charge on any atom is 0.243 e. The summed E-state index contributed by atoms with van der Waals surface area (Å²) in [4.78, 5) is 15.4. The maximum atomic E-state index is 13.1. The zero-order valence-corrected chi connectivity index (χ0v) is 17.8. The fourth-order valence-electron chi connectivity index (χ4n) is 4.55. The van der Waals surface area contributed by atoms with Gasteiger partial charge in [0.05, 0.1) is 29.5 Å². The highest BCUT2D eigenvalue weighted by molar-refractivity contribution is 7.89. The van der Waals surface area contributed by atoms with Gasteiger partial charge in [0.15, 0.2) is 0 Å². The van der Waals surface area contributed by atoms with Crippen LogP contribution in [0.1, 0.15) is 44.9 Å². The van der Waals surface area contributed by atoms with Crippen molar-refractivity contribution in [3.8, 4) is 0 Å². The highest BCUT2D eigenvalue weighted by atomic mass is 32.2. The van der Waals surface area contributed by atoms with Gasteiger partial charge in [-0.3, -0.25) is 4.79 Å². The Labute approximate surface area is 173 Å². The molecular formula is C21H31N3O4S. The Bertz CT molecular complexity index is 824. The second-order valence-electron chi connectivity index (χ2n) is 8.21. The molecule has 3 aliphatic rings. The summed E-state index contributed by atoms with van der Waals surface area (Å²) in [5, 5.41) is 3.08. The summed E-state index contributed by atoms with van der Waals surface area (Å²) in [7, 11) is -3.60. The number of nitrogens with zero attached hydrogens (tertiary/aromatic N) is 2. The van der Waals surface area contributed by atoms with Crippen LogP contribution >= 0.6 is 0 Å². The molecule has 0 atom stereocenters. The zero-order valence-electron chi connectivity index (χ0n) is 16.9. The van der Waals surface area contributed by atoms with E-state index in [2.05, 4.69) is 10.2 Å². The number of morpholine rings is 1. The molecule has 0 bridgehead atoms. The molecule has 1 amide bonds. The van der Waals surface area contributed by atoms with Gasteiger partial charge in [0.1, 0.15) is 0 Å². The number of sulfonamides is 1. The zero-order chi connectivity index (χ0) is 20.3. The lowest BCUT2D eigenvalue weighted by Gasteiger charge is -2.28. The summed E-state index contributed by atoms with van der Waals surface area (Å²) in [6.45, 7) is 3.41. The molecule has 7 nitrogen and oxygen atoms in total. The van der Waals surface area contributed by atoms with Gasteiger partial charge in [-0.2, -0.15) is 4.31 Å². The minimum absolute atomic E-state index is 0.0195. The second-order valence-corrected chi connectivity index (χ2v) is 10.2. The Kier molecular flexibility index (Phi) is 6.41. The third-order valence-electron chi connectivity index (χ3n) is 6.26. The average Bonchev–Trinajstić information content (AvgIpc) is 3.29. The van der Waals surface area contributed by atoms with Crippen LogP contribution in [0.15, 0.2) is 23.1 Å². The Balaban J connectivity index is 1.62. The number of carbonyl (C=O) groups excluding carboxylic acids is 1. The van der Waals surface area contributed by atoms with Crippen molar-refractivity contribution in [2.75, 3.05) is 49.6 Å². The van der Waals surface area contributed by atoms with Crippen LogP contribution in [0, 0.1) is 5.92 Å². The summed E-state index contributed by atoms with van der Waals surface area (Å²) in [6, 6.07) is 5.18. The Morgan fingerprint density at radius 1 is 0.966 bits per heavy atom. The van der Waals surface area contributed by atoms with Crippen LogP contribution < -0.4 is 10.2 Å². The first-order chi connectivity index (χ1) is 14.1. The highest BCUT2D eigenvalue weighted by Crippen LogP contribution is 2.34. The molecule has 8 heteroatoms. The minimum Gasteiger partial charge on any atom is -0.379 e. The second kappa shape index (κ2) is 9.02. The van der Waals surface area contributed by atoms with Gasteiger partial charge in [-0.1, -0.05) is 19.3 Å². The SMILES string of the molecule is O=C(Nc1cc(S(=O)(=O)N2CCOCC2)ccc1N1CCCC1)C1CCCCC1. The molecule has 0 aromatic heterocycles. The van der Waals surface area contributed by atoms with Gasteiger partial charge in [-0.05, 0) is 43.9 Å². The molecule has 2 saturated heterocycles. The predicted octanol–water partition coefficient (Wildman–Crippen LogP) is 2.83. The number of ether oxygens (including phenoxy) is 1. The van der Waals surface area contributed by atoms with E-state index in [0.717, 1.165) is 57.3 Å². The average molecular weight is 422 g/mol. The van der Waals surface area contributed by atoms with Crippen LogP contribution in [0.2, 0.25) is 0 Å². The van der Waals surface area contributed by atoms with Crippen molar-refractivity contribution in [2.45, 2.75) is 49.8 Å². The largest absolute Gasteiger partial charge is 0.379 e. The van der Waals surface area contributed by atoms with Crippen molar-refractivity contribution in [3.63, 3.8) is 0 Å². The van der Waals surface area contributed by atoms with Crippen LogP contribution in [0.25, 0.3) is 0 Å². The molecule has 0 unspecified atom stereocenters. The Morgan fingerprint density at radius 2 is 1.66 bits per heavy atom. The van der Waals surface area contributed by atoms with E-state index in [1.165, 1.54) is 10.7 Å². The fourth-order valence-corrected chi connectivity index (χ4v) is 5.98. The summed E-state index contributed by atoms with van der Waals surface area (Å²) in [6.07, 6.45) is 7.42. The maximum absolute atomic E-state index is 13.1. The van der Waals surface area contributed by atoms with Crippen LogP contribution in [0.4, 0.5) is 11.4 Å². The summed E-state index contributed by atoms with van der Waals surface area (Å²) in [5.74, 6) is 0.0424. The summed E-state index contributed by atoms with van der Waals surface area (Å²) < 4.78 is 33.0. The Hall–Kier alpha value is -1.64. The van der Waals surface area contributed by atoms with Gasteiger partial charge in [0, 0.05) is 32.1 Å². The lowest BCUT2D eigenvalue weighted by Crippen LogP contribution is -2.40. The molecule has 29 heavy (non-hydrogen) atoms. The lowest BCUT2D eigenvalue weighted by atomic mass is 9.88. The topological polar surface area (TPSA) is 79.0 Å². The van der Waals surface area contributed by atoms with E-state index < -0.39 is 10.0 Å². The van der Waals surface area contributed by atoms with E-state index in [1.807, 2.05) is 6.07 Å². The lowest BCUT2D eigenvalue weighted by molar-refractivity contribution is -0.120. The van der Waals surface area contributed by atoms with Crippen molar-refractivity contribution in [1.29, 1.82) is 0 Å². The molecule has 1 aliphatic carbocycles. The van der Waals surface area contributed by atoms with Crippen LogP contribution in [-0.2, 0) is 19.6 Å². The van der Waals surface area contributed by atoms with Gasteiger partial charge in [0.2, 0.25) is 15.9 Å². The number of benzene rings is 1. The number of rotatable bonds is 5. The molecule has 0 spiro atoms. The van der Waals surface area contributed by atoms with Crippen LogP contribution in [0.3, 0.4) is 0 Å².